The smallest absolute Gasteiger partial charge is 0.129 e. The van der Waals surface area contributed by atoms with Gasteiger partial charge in [0.1, 0.15) is 17.3 Å². The van der Waals surface area contributed by atoms with E-state index in [4.69, 9.17) is 23.9 Å². The lowest BCUT2D eigenvalue weighted by atomic mass is 10.1. The van der Waals surface area contributed by atoms with Crippen molar-refractivity contribution in [3.63, 3.8) is 0 Å². The van der Waals surface area contributed by atoms with Gasteiger partial charge in [0.05, 0.1) is 40.6 Å². The molecule has 0 bridgehead atoms. The van der Waals surface area contributed by atoms with Crippen LogP contribution in [-0.2, 0) is 35.8 Å². The third-order valence-electron chi connectivity index (χ3n) is 6.48. The molecule has 0 spiro atoms. The maximum Gasteiger partial charge on any atom is 0.129 e. The second-order valence-corrected chi connectivity index (χ2v) is 9.75. The minimum Gasteiger partial charge on any atom is -0.497 e. The first kappa shape index (κ1) is 28.9. The molecule has 0 amide bonds. The number of hydrogen-bond donors (Lipinski definition) is 0. The molecule has 1 heterocycles. The average Bonchev–Trinajstić information content (AvgIpc) is 2.99. The minimum absolute atomic E-state index is 0.483. The van der Waals surface area contributed by atoms with Gasteiger partial charge in [-0.05, 0) is 64.7 Å². The van der Waals surface area contributed by atoms with Gasteiger partial charge < -0.3 is 28.7 Å². The zero-order valence-corrected chi connectivity index (χ0v) is 23.9. The predicted molar refractivity (Wildman–Crippen MR) is 160 cm³/mol. The summed E-state index contributed by atoms with van der Waals surface area (Å²) in [6, 6.07) is 28.8. The number of pyridine rings is 1. The normalized spacial score (nSPS) is 10.8. The highest BCUT2D eigenvalue weighted by atomic mass is 16.5. The summed E-state index contributed by atoms with van der Waals surface area (Å²) in [6.45, 7) is 3.47. The quantitative estimate of drug-likeness (QED) is 0.168. The Balaban J connectivity index is 1.34. The fourth-order valence-corrected chi connectivity index (χ4v) is 4.31. The molecule has 0 fully saturated rings. The summed E-state index contributed by atoms with van der Waals surface area (Å²) in [4.78, 5) is 9.20. The Labute approximate surface area is 237 Å². The Hall–Kier alpha value is -4.07. The van der Waals surface area contributed by atoms with Gasteiger partial charge in [0.25, 0.3) is 0 Å². The summed E-state index contributed by atoms with van der Waals surface area (Å²) in [5.41, 5.74) is 5.65. The van der Waals surface area contributed by atoms with E-state index in [1.54, 1.807) is 14.2 Å². The molecule has 0 aliphatic heterocycles. The molecule has 0 radical (unpaired) electrons. The second-order valence-electron chi connectivity index (χ2n) is 9.75. The van der Waals surface area contributed by atoms with Gasteiger partial charge in [-0.15, -0.1) is 0 Å². The number of aromatic nitrogens is 1. The van der Waals surface area contributed by atoms with Crippen LogP contribution in [0.5, 0.6) is 11.5 Å². The maximum absolute atomic E-state index is 5.83. The van der Waals surface area contributed by atoms with Crippen molar-refractivity contribution in [2.45, 2.75) is 26.3 Å². The number of nitrogens with zero attached hydrogens (tertiary/aromatic N) is 3. The summed E-state index contributed by atoms with van der Waals surface area (Å²) in [7, 11) is 7.47. The van der Waals surface area contributed by atoms with E-state index in [0.29, 0.717) is 33.0 Å². The molecule has 4 aromatic rings. The lowest BCUT2D eigenvalue weighted by molar-refractivity contribution is 0.0337. The van der Waals surface area contributed by atoms with Crippen LogP contribution in [-0.4, -0.2) is 46.5 Å². The van der Waals surface area contributed by atoms with Gasteiger partial charge in [0.15, 0.2) is 0 Å². The minimum atomic E-state index is 0.483. The van der Waals surface area contributed by atoms with Gasteiger partial charge in [-0.1, -0.05) is 42.5 Å². The Kier molecular flexibility index (Phi) is 10.8. The van der Waals surface area contributed by atoms with Crippen LogP contribution in [0, 0.1) is 0 Å². The van der Waals surface area contributed by atoms with E-state index in [2.05, 4.69) is 72.4 Å². The molecule has 0 aliphatic rings. The van der Waals surface area contributed by atoms with Crippen LogP contribution in [0.15, 0.2) is 91.1 Å². The first-order valence-electron chi connectivity index (χ1n) is 13.4. The molecule has 3 aromatic carbocycles. The summed E-state index contributed by atoms with van der Waals surface area (Å²) in [5, 5.41) is 0. The van der Waals surface area contributed by atoms with E-state index in [-0.39, 0.29) is 0 Å². The summed E-state index contributed by atoms with van der Waals surface area (Å²) >= 11 is 0. The fourth-order valence-electron chi connectivity index (χ4n) is 4.31. The van der Waals surface area contributed by atoms with E-state index >= 15 is 0 Å². The van der Waals surface area contributed by atoms with E-state index in [9.17, 15) is 0 Å². The van der Waals surface area contributed by atoms with Crippen molar-refractivity contribution < 1.29 is 18.9 Å². The molecule has 0 saturated carbocycles. The van der Waals surface area contributed by atoms with Gasteiger partial charge in [-0.2, -0.15) is 0 Å². The molecule has 0 atom stereocenters. The molecular weight excluding hydrogens is 502 g/mol. The highest BCUT2D eigenvalue weighted by Gasteiger charge is 2.12. The molecule has 7 nitrogen and oxygen atoms in total. The van der Waals surface area contributed by atoms with Gasteiger partial charge in [0.2, 0.25) is 0 Å². The molecule has 7 heteroatoms. The second kappa shape index (κ2) is 14.9. The molecule has 210 valence electrons. The van der Waals surface area contributed by atoms with E-state index in [1.807, 2.05) is 42.6 Å². The molecule has 40 heavy (non-hydrogen) atoms. The Morgan fingerprint density at radius 3 is 1.80 bits per heavy atom. The third-order valence-corrected chi connectivity index (χ3v) is 6.48. The van der Waals surface area contributed by atoms with Gasteiger partial charge in [0, 0.05) is 39.1 Å². The molecule has 0 N–H and O–H groups in total. The van der Waals surface area contributed by atoms with Crippen molar-refractivity contribution in [3.8, 4) is 11.5 Å². The molecular formula is C33H39N3O4. The first-order valence-corrected chi connectivity index (χ1v) is 13.4. The first-order chi connectivity index (χ1) is 19.5. The topological polar surface area (TPSA) is 56.3 Å². The highest BCUT2D eigenvalue weighted by molar-refractivity contribution is 5.49. The summed E-state index contributed by atoms with van der Waals surface area (Å²) in [6.07, 6.45) is 1.89. The fraction of sp³-hybridized carbons (Fsp3) is 0.303. The van der Waals surface area contributed by atoms with E-state index in [1.165, 1.54) is 11.3 Å². The highest BCUT2D eigenvalue weighted by Crippen LogP contribution is 2.23. The Morgan fingerprint density at radius 2 is 1.20 bits per heavy atom. The van der Waals surface area contributed by atoms with Crippen molar-refractivity contribution in [2.24, 2.45) is 0 Å². The van der Waals surface area contributed by atoms with Crippen LogP contribution >= 0.6 is 0 Å². The molecule has 1 aromatic heterocycles. The maximum atomic E-state index is 5.83. The Bertz CT molecular complexity index is 1330. The molecule has 0 saturated heterocycles. The van der Waals surface area contributed by atoms with E-state index < -0.39 is 0 Å². The zero-order chi connectivity index (χ0) is 28.2. The standard InChI is InChI=1S/C33H39N3O4/c1-35(2)30-11-5-8-26(18-30)22-36(23-27-9-6-12-31(19-27)37-3)33-15-14-29(21-34-33)25-40-17-16-39-24-28-10-7-13-32(20-28)38-4/h5-15,18-21H,16-17,22-25H2,1-4H3. The molecule has 0 aliphatic carbocycles. The van der Waals surface area contributed by atoms with Crippen molar-refractivity contribution in [2.75, 3.05) is 51.3 Å². The lowest BCUT2D eigenvalue weighted by Crippen LogP contribution is -2.23. The number of anilines is 2. The van der Waals surface area contributed by atoms with Crippen molar-refractivity contribution in [1.82, 2.24) is 4.98 Å². The lowest BCUT2D eigenvalue weighted by Gasteiger charge is -2.25. The largest absolute Gasteiger partial charge is 0.497 e. The van der Waals surface area contributed by atoms with Crippen LogP contribution in [0.25, 0.3) is 0 Å². The monoisotopic (exact) mass is 541 g/mol. The van der Waals surface area contributed by atoms with Crippen LogP contribution in [0.2, 0.25) is 0 Å². The number of methoxy groups -OCH3 is 2. The third kappa shape index (κ3) is 8.73. The van der Waals surface area contributed by atoms with Crippen molar-refractivity contribution >= 4 is 11.5 Å². The van der Waals surface area contributed by atoms with Crippen LogP contribution in [0.3, 0.4) is 0 Å². The molecule has 4 rings (SSSR count). The van der Waals surface area contributed by atoms with E-state index in [0.717, 1.165) is 40.6 Å². The van der Waals surface area contributed by atoms with Gasteiger partial charge in [-0.3, -0.25) is 0 Å². The number of hydrogen-bond acceptors (Lipinski definition) is 7. The number of benzene rings is 3. The summed E-state index contributed by atoms with van der Waals surface area (Å²) < 4.78 is 22.3. The summed E-state index contributed by atoms with van der Waals surface area (Å²) in [5.74, 6) is 2.58. The average molecular weight is 542 g/mol. The van der Waals surface area contributed by atoms with Gasteiger partial charge >= 0.3 is 0 Å². The molecule has 0 unspecified atom stereocenters. The van der Waals surface area contributed by atoms with Crippen molar-refractivity contribution in [1.29, 1.82) is 0 Å². The van der Waals surface area contributed by atoms with Crippen LogP contribution in [0.4, 0.5) is 11.5 Å². The Morgan fingerprint density at radius 1 is 0.625 bits per heavy atom. The zero-order valence-electron chi connectivity index (χ0n) is 23.9. The van der Waals surface area contributed by atoms with Gasteiger partial charge in [-0.25, -0.2) is 4.98 Å². The van der Waals surface area contributed by atoms with Crippen LogP contribution in [0.1, 0.15) is 22.3 Å². The van der Waals surface area contributed by atoms with Crippen molar-refractivity contribution in [3.05, 3.63) is 113 Å². The predicted octanol–water partition coefficient (Wildman–Crippen LogP) is 6.11. The van der Waals surface area contributed by atoms with Crippen LogP contribution < -0.4 is 19.3 Å². The SMILES string of the molecule is COc1cccc(COCCOCc2ccc(N(Cc3cccc(OC)c3)Cc3cccc(N(C)C)c3)nc2)c1. The number of ether oxygens (including phenoxy) is 4. The number of rotatable bonds is 15.